The summed E-state index contributed by atoms with van der Waals surface area (Å²) in [5.41, 5.74) is 9.60. The summed E-state index contributed by atoms with van der Waals surface area (Å²) in [5.74, 6) is -2.30. The molecular weight excluding hydrogens is 739 g/mol. The third-order valence-electron chi connectivity index (χ3n) is 11.8. The van der Waals surface area contributed by atoms with Gasteiger partial charge in [-0.1, -0.05) is 136 Å². The van der Waals surface area contributed by atoms with Gasteiger partial charge in [0.15, 0.2) is 0 Å². The fraction of sp³-hybridized carbons (Fsp3) is 0.292. The van der Waals surface area contributed by atoms with Crippen LogP contribution in [0.1, 0.15) is 86.0 Å². The Balaban J connectivity index is 1.12. The van der Waals surface area contributed by atoms with Crippen molar-refractivity contribution in [3.8, 4) is 22.3 Å². The van der Waals surface area contributed by atoms with Gasteiger partial charge < -0.3 is 19.0 Å². The van der Waals surface area contributed by atoms with Crippen molar-refractivity contribution in [2.24, 2.45) is 10.8 Å². The minimum Gasteiger partial charge on any atom is -0.481 e. The smallest absolute Gasteiger partial charge is 0.312 e. The summed E-state index contributed by atoms with van der Waals surface area (Å²) in [5, 5.41) is 12.2. The van der Waals surface area contributed by atoms with Crippen LogP contribution in [-0.4, -0.2) is 32.8 Å². The molecule has 6 nitrogen and oxygen atoms in total. The van der Waals surface area contributed by atoms with E-state index in [2.05, 4.69) is 85.4 Å². The van der Waals surface area contributed by atoms with Crippen LogP contribution in [0.15, 0.2) is 121 Å². The number of carbonyl (C=O) groups excluding carboxylic acids is 1. The van der Waals surface area contributed by atoms with Crippen LogP contribution in [0.5, 0.6) is 0 Å². The number of hydrogen-bond acceptors (Lipinski definition) is 3. The SMILES string of the molecule is CC1(C)Cc2cc(-c3ccc(Cl)cc3)c(CC(=O)OCCC(C(=O)O)c3c(-c4ccc(Cl)cc4)cc4n3C(c3ccccc3)C(C)(C)C4)n2C1c1ccccc1. The van der Waals surface area contributed by atoms with Gasteiger partial charge >= 0.3 is 11.9 Å². The Bertz CT molecular complexity index is 2390. The summed E-state index contributed by atoms with van der Waals surface area (Å²) in [4.78, 5) is 27.4. The van der Waals surface area contributed by atoms with Crippen molar-refractivity contribution in [2.75, 3.05) is 6.61 Å². The summed E-state index contributed by atoms with van der Waals surface area (Å²) in [6.07, 6.45) is 1.78. The van der Waals surface area contributed by atoms with Crippen LogP contribution in [0.2, 0.25) is 10.0 Å². The monoisotopic (exact) mass is 784 g/mol. The Morgan fingerprint density at radius 2 is 1.16 bits per heavy atom. The van der Waals surface area contributed by atoms with E-state index in [1.807, 2.05) is 72.8 Å². The number of rotatable bonds is 11. The van der Waals surface area contributed by atoms with Crippen molar-refractivity contribution in [1.29, 1.82) is 0 Å². The molecule has 0 saturated carbocycles. The Hall–Kier alpha value is -5.04. The highest BCUT2D eigenvalue weighted by molar-refractivity contribution is 6.31. The van der Waals surface area contributed by atoms with Gasteiger partial charge in [0.25, 0.3) is 0 Å². The normalized spacial score (nSPS) is 18.3. The number of benzene rings is 4. The van der Waals surface area contributed by atoms with Crippen molar-refractivity contribution in [2.45, 2.75) is 71.4 Å². The molecule has 2 aromatic heterocycles. The van der Waals surface area contributed by atoms with Crippen molar-refractivity contribution in [3.63, 3.8) is 0 Å². The third-order valence-corrected chi connectivity index (χ3v) is 12.3. The van der Waals surface area contributed by atoms with Crippen LogP contribution >= 0.6 is 23.2 Å². The number of carboxylic acid groups (broad SMARTS) is 1. The van der Waals surface area contributed by atoms with Crippen molar-refractivity contribution < 1.29 is 19.4 Å². The van der Waals surface area contributed by atoms with Gasteiger partial charge in [0.2, 0.25) is 0 Å². The summed E-state index contributed by atoms with van der Waals surface area (Å²) in [6.45, 7) is 8.97. The topological polar surface area (TPSA) is 73.5 Å². The molecule has 0 spiro atoms. The molecule has 3 unspecified atom stereocenters. The number of nitrogens with zero attached hydrogens (tertiary/aromatic N) is 2. The Morgan fingerprint density at radius 1 is 0.696 bits per heavy atom. The van der Waals surface area contributed by atoms with E-state index in [-0.39, 0.29) is 42.4 Å². The highest BCUT2D eigenvalue weighted by atomic mass is 35.5. The molecule has 0 radical (unpaired) electrons. The summed E-state index contributed by atoms with van der Waals surface area (Å²) in [7, 11) is 0. The Kier molecular flexibility index (Phi) is 10.0. The van der Waals surface area contributed by atoms with Crippen LogP contribution in [0.3, 0.4) is 0 Å². The Morgan fingerprint density at radius 3 is 1.68 bits per heavy atom. The fourth-order valence-electron chi connectivity index (χ4n) is 9.54. The fourth-order valence-corrected chi connectivity index (χ4v) is 9.80. The predicted octanol–water partition coefficient (Wildman–Crippen LogP) is 11.6. The minimum absolute atomic E-state index is 0.0171. The predicted molar refractivity (Wildman–Crippen MR) is 224 cm³/mol. The van der Waals surface area contributed by atoms with E-state index in [9.17, 15) is 14.7 Å². The number of aromatic nitrogens is 2. The molecule has 56 heavy (non-hydrogen) atoms. The lowest BCUT2D eigenvalue weighted by molar-refractivity contribution is -0.145. The molecule has 2 aliphatic rings. The number of fused-ring (bicyclic) bond motifs is 2. The molecule has 0 fully saturated rings. The standard InChI is InChI=1S/C48H46Cl2N2O4/c1-47(2)28-36-25-39(30-15-19-34(49)20-16-30)41(51(36)44(47)32-11-7-5-8-12-32)27-42(53)56-24-23-38(46(54)55)43-40(31-17-21-35(50)22-18-31)26-37-29-48(3,4)45(52(37)43)33-13-9-6-10-14-33/h5-22,25-26,38,44-45H,23-24,27-29H2,1-4H3,(H,54,55). The van der Waals surface area contributed by atoms with E-state index in [0.717, 1.165) is 57.7 Å². The van der Waals surface area contributed by atoms with Crippen LogP contribution < -0.4 is 0 Å². The zero-order valence-corrected chi connectivity index (χ0v) is 33.6. The van der Waals surface area contributed by atoms with E-state index in [1.54, 1.807) is 0 Å². The van der Waals surface area contributed by atoms with Crippen LogP contribution in [-0.2, 0) is 33.6 Å². The van der Waals surface area contributed by atoms with Gasteiger partial charge in [-0.05, 0) is 82.3 Å². The number of carbonyl (C=O) groups is 2. The first-order valence-electron chi connectivity index (χ1n) is 19.3. The lowest BCUT2D eigenvalue weighted by Gasteiger charge is -2.31. The molecule has 8 heteroatoms. The third kappa shape index (κ3) is 6.99. The summed E-state index contributed by atoms with van der Waals surface area (Å²) in [6, 6.07) is 40.3. The second kappa shape index (κ2) is 14.8. The first kappa shape index (κ1) is 37.9. The molecule has 1 N–H and O–H groups in total. The summed E-state index contributed by atoms with van der Waals surface area (Å²) < 4.78 is 10.6. The lowest BCUT2D eigenvalue weighted by atomic mass is 9.79. The highest BCUT2D eigenvalue weighted by Gasteiger charge is 2.45. The zero-order valence-electron chi connectivity index (χ0n) is 32.1. The van der Waals surface area contributed by atoms with Gasteiger partial charge in [-0.15, -0.1) is 0 Å². The van der Waals surface area contributed by atoms with Gasteiger partial charge in [0.05, 0.1) is 25.1 Å². The van der Waals surface area contributed by atoms with Gasteiger partial charge in [-0.2, -0.15) is 0 Å². The molecule has 286 valence electrons. The quantitative estimate of drug-likeness (QED) is 0.133. The number of halogens is 2. The zero-order chi connectivity index (χ0) is 39.4. The molecule has 3 atom stereocenters. The molecule has 0 saturated heterocycles. The van der Waals surface area contributed by atoms with E-state index in [4.69, 9.17) is 27.9 Å². The van der Waals surface area contributed by atoms with Gasteiger partial charge in [0.1, 0.15) is 5.92 Å². The summed E-state index contributed by atoms with van der Waals surface area (Å²) >= 11 is 12.6. The lowest BCUT2D eigenvalue weighted by Crippen LogP contribution is -2.27. The number of carboxylic acids is 1. The molecule has 4 heterocycles. The molecule has 0 amide bonds. The van der Waals surface area contributed by atoms with Gasteiger partial charge in [0, 0.05) is 50.4 Å². The number of esters is 1. The van der Waals surface area contributed by atoms with Crippen molar-refractivity contribution in [3.05, 3.63) is 165 Å². The molecule has 0 aliphatic carbocycles. The first-order valence-corrected chi connectivity index (χ1v) is 20.0. The molecule has 0 bridgehead atoms. The maximum Gasteiger partial charge on any atom is 0.312 e. The van der Waals surface area contributed by atoms with E-state index < -0.39 is 17.9 Å². The van der Waals surface area contributed by atoms with Crippen LogP contribution in [0, 0.1) is 10.8 Å². The molecule has 2 aliphatic heterocycles. The number of hydrogen-bond donors (Lipinski definition) is 1. The second-order valence-corrected chi connectivity index (χ2v) is 17.6. The minimum atomic E-state index is -0.962. The average Bonchev–Trinajstić information content (AvgIpc) is 3.84. The van der Waals surface area contributed by atoms with E-state index in [0.29, 0.717) is 15.7 Å². The Labute approximate surface area is 338 Å². The van der Waals surface area contributed by atoms with Crippen molar-refractivity contribution >= 4 is 35.1 Å². The number of ether oxygens (including phenoxy) is 1. The highest BCUT2D eigenvalue weighted by Crippen LogP contribution is 2.52. The van der Waals surface area contributed by atoms with Crippen LogP contribution in [0.4, 0.5) is 0 Å². The molecule has 8 rings (SSSR count). The van der Waals surface area contributed by atoms with Crippen LogP contribution in [0.25, 0.3) is 22.3 Å². The largest absolute Gasteiger partial charge is 0.481 e. The van der Waals surface area contributed by atoms with Crippen molar-refractivity contribution in [1.82, 2.24) is 9.13 Å². The van der Waals surface area contributed by atoms with E-state index in [1.165, 1.54) is 5.56 Å². The second-order valence-electron chi connectivity index (χ2n) is 16.7. The van der Waals surface area contributed by atoms with E-state index >= 15 is 0 Å². The maximum atomic E-state index is 14.0. The molecule has 4 aromatic carbocycles. The molecular formula is C48H46Cl2N2O4. The van der Waals surface area contributed by atoms with Gasteiger partial charge in [-0.3, -0.25) is 9.59 Å². The first-order chi connectivity index (χ1) is 26.8. The van der Waals surface area contributed by atoms with Gasteiger partial charge in [-0.25, -0.2) is 0 Å². The maximum absolute atomic E-state index is 14.0. The molecule has 6 aromatic rings. The average molecular weight is 786 g/mol. The number of aliphatic carboxylic acids is 1.